The molecular weight excluding hydrogens is 681 g/mol. The number of amides is 4. The maximum Gasteiger partial charge on any atom is 0.246 e. The third-order valence-electron chi connectivity index (χ3n) is 11.8. The van der Waals surface area contributed by atoms with Crippen molar-refractivity contribution in [1.82, 2.24) is 30.7 Å². The molecule has 3 aliphatic heterocycles. The number of carbonyl (C=O) groups excluding carboxylic acids is 4. The summed E-state index contributed by atoms with van der Waals surface area (Å²) in [5, 5.41) is 9.63. The molecule has 0 bridgehead atoms. The first kappa shape index (κ1) is 35.9. The van der Waals surface area contributed by atoms with Gasteiger partial charge in [-0.1, -0.05) is 74.6 Å². The van der Waals surface area contributed by atoms with E-state index in [1.165, 1.54) is 11.1 Å². The standard InChI is InChI=1S/C39H50N6O4S2/c1-23(40-4)35(50)41-30-13-18-51-31-22-39(2,3)33(45(31)38(30)49)34(46)42-32-28-12-8-7-11-26(28)21-29(32)37(48)44-16-14-43(15-17-44)36(47)27-19-24-9-5-6-10-25(24)20-27/h5-12,23,27,29-33,40H,13-22H2,1-4H3,(H,41,50)(H,42,46)/t23-,29+,30-,31?,32-,33+/m0/s1. The number of thioether (sulfide) groups is 1. The third kappa shape index (κ3) is 6.91. The fourth-order valence-electron chi connectivity index (χ4n) is 8.89. The average molecular weight is 731 g/mol. The Kier molecular flexibility index (Phi) is 10.2. The van der Waals surface area contributed by atoms with E-state index in [0.717, 1.165) is 29.7 Å². The summed E-state index contributed by atoms with van der Waals surface area (Å²) in [5.74, 6) is 0.116. The molecular formula is C39H50N6O4S2. The van der Waals surface area contributed by atoms with Gasteiger partial charge in [-0.25, -0.2) is 0 Å². The zero-order valence-electron chi connectivity index (χ0n) is 30.0. The molecule has 51 heavy (non-hydrogen) atoms. The molecule has 4 amide bonds. The van der Waals surface area contributed by atoms with E-state index in [9.17, 15) is 19.2 Å². The predicted octanol–water partition coefficient (Wildman–Crippen LogP) is 3.09. The fourth-order valence-corrected chi connectivity index (χ4v) is 10.7. The highest BCUT2D eigenvalue weighted by Gasteiger charge is 2.55. The molecule has 0 spiro atoms. The minimum absolute atomic E-state index is 0.00161. The first-order valence-corrected chi connectivity index (χ1v) is 19.9. The highest BCUT2D eigenvalue weighted by atomic mass is 32.2. The Labute approximate surface area is 310 Å². The van der Waals surface area contributed by atoms with Crippen molar-refractivity contribution in [3.8, 4) is 0 Å². The van der Waals surface area contributed by atoms with Crippen molar-refractivity contribution in [2.75, 3.05) is 39.0 Å². The Balaban J connectivity index is 1.05. The summed E-state index contributed by atoms with van der Waals surface area (Å²) < 4.78 is 0. The van der Waals surface area contributed by atoms with E-state index in [2.05, 4.69) is 41.9 Å². The molecule has 5 aliphatic rings. The van der Waals surface area contributed by atoms with Gasteiger partial charge in [0.1, 0.15) is 12.1 Å². The second kappa shape index (κ2) is 14.5. The van der Waals surface area contributed by atoms with Crippen LogP contribution >= 0.6 is 24.0 Å². The molecule has 0 aromatic heterocycles. The largest absolute Gasteiger partial charge is 0.367 e. The van der Waals surface area contributed by atoms with Gasteiger partial charge in [-0.15, -0.1) is 11.8 Å². The molecule has 3 N–H and O–H groups in total. The number of nitrogens with one attached hydrogen (secondary N) is 3. The molecule has 2 aromatic carbocycles. The molecule has 6 atom stereocenters. The van der Waals surface area contributed by atoms with Gasteiger partial charge in [0.2, 0.25) is 23.6 Å². The Morgan fingerprint density at radius 3 is 2.14 bits per heavy atom. The van der Waals surface area contributed by atoms with Crippen LogP contribution in [0.1, 0.15) is 61.9 Å². The first-order chi connectivity index (χ1) is 24.5. The van der Waals surface area contributed by atoms with Crippen LogP contribution in [0.5, 0.6) is 0 Å². The number of likely N-dealkylation sites (N-methyl/N-ethyl adjacent to an activating group) is 1. The van der Waals surface area contributed by atoms with Crippen LogP contribution in [0.4, 0.5) is 0 Å². The number of hydrogen-bond acceptors (Lipinski definition) is 7. The lowest BCUT2D eigenvalue weighted by molar-refractivity contribution is -0.145. The summed E-state index contributed by atoms with van der Waals surface area (Å²) in [6.07, 6.45) is 3.40. The molecule has 12 heteroatoms. The Bertz CT molecular complexity index is 1680. The predicted molar refractivity (Wildman–Crippen MR) is 203 cm³/mol. The molecule has 1 unspecified atom stereocenters. The molecule has 272 valence electrons. The normalized spacial score (nSPS) is 27.6. The van der Waals surface area contributed by atoms with E-state index in [4.69, 9.17) is 12.2 Å². The lowest BCUT2D eigenvalue weighted by atomic mass is 9.83. The van der Waals surface area contributed by atoms with E-state index in [1.807, 2.05) is 60.2 Å². The van der Waals surface area contributed by atoms with Gasteiger partial charge >= 0.3 is 0 Å². The van der Waals surface area contributed by atoms with Crippen LogP contribution in [0, 0.1) is 17.3 Å². The smallest absolute Gasteiger partial charge is 0.246 e. The molecule has 0 radical (unpaired) electrons. The van der Waals surface area contributed by atoms with Gasteiger partial charge in [0.25, 0.3) is 0 Å². The van der Waals surface area contributed by atoms with Crippen molar-refractivity contribution in [3.05, 3.63) is 70.8 Å². The number of thiocarbonyl (C=S) groups is 1. The highest BCUT2D eigenvalue weighted by Crippen LogP contribution is 2.47. The molecule has 7 rings (SSSR count). The maximum atomic E-state index is 14.6. The molecule has 3 heterocycles. The Morgan fingerprint density at radius 2 is 1.49 bits per heavy atom. The number of fused-ring (bicyclic) bond motifs is 3. The zero-order valence-corrected chi connectivity index (χ0v) is 31.7. The minimum Gasteiger partial charge on any atom is -0.367 e. The number of hydrogen-bond donors (Lipinski definition) is 3. The van der Waals surface area contributed by atoms with E-state index in [0.29, 0.717) is 50.4 Å². The van der Waals surface area contributed by atoms with Crippen LogP contribution < -0.4 is 16.0 Å². The minimum atomic E-state index is -0.694. The Morgan fingerprint density at radius 1 is 0.882 bits per heavy atom. The van der Waals surface area contributed by atoms with Crippen molar-refractivity contribution in [1.29, 1.82) is 0 Å². The van der Waals surface area contributed by atoms with Gasteiger partial charge in [0.15, 0.2) is 0 Å². The quantitative estimate of drug-likeness (QED) is 0.373. The summed E-state index contributed by atoms with van der Waals surface area (Å²) in [5.41, 5.74) is 4.05. The number of rotatable bonds is 7. The van der Waals surface area contributed by atoms with E-state index in [-0.39, 0.29) is 41.0 Å². The van der Waals surface area contributed by atoms with E-state index < -0.39 is 29.5 Å². The van der Waals surface area contributed by atoms with Gasteiger partial charge in [-0.2, -0.15) is 0 Å². The van der Waals surface area contributed by atoms with Crippen LogP contribution in [0.3, 0.4) is 0 Å². The van der Waals surface area contributed by atoms with Gasteiger partial charge in [0, 0.05) is 32.1 Å². The summed E-state index contributed by atoms with van der Waals surface area (Å²) in [4.78, 5) is 62.8. The number of piperazine rings is 1. The van der Waals surface area contributed by atoms with E-state index in [1.54, 1.807) is 16.7 Å². The summed E-state index contributed by atoms with van der Waals surface area (Å²) >= 11 is 7.32. The van der Waals surface area contributed by atoms with Gasteiger partial charge in [-0.05, 0) is 79.5 Å². The Hall–Kier alpha value is -3.48. The van der Waals surface area contributed by atoms with Crippen LogP contribution in [0.2, 0.25) is 0 Å². The van der Waals surface area contributed by atoms with Crippen molar-refractivity contribution < 1.29 is 19.2 Å². The molecule has 3 saturated heterocycles. The lowest BCUT2D eigenvalue weighted by Crippen LogP contribution is -2.58. The van der Waals surface area contributed by atoms with Crippen LogP contribution in [-0.4, -0.2) is 106 Å². The second-order valence-electron chi connectivity index (χ2n) is 15.5. The van der Waals surface area contributed by atoms with Crippen molar-refractivity contribution in [3.63, 3.8) is 0 Å². The average Bonchev–Trinajstić information content (AvgIpc) is 3.78. The lowest BCUT2D eigenvalue weighted by Gasteiger charge is -2.38. The molecule has 2 aromatic rings. The van der Waals surface area contributed by atoms with Crippen molar-refractivity contribution in [2.45, 2.75) is 82.4 Å². The first-order valence-electron chi connectivity index (χ1n) is 18.4. The maximum absolute atomic E-state index is 14.6. The van der Waals surface area contributed by atoms with E-state index >= 15 is 0 Å². The zero-order chi connectivity index (χ0) is 36.0. The summed E-state index contributed by atoms with van der Waals surface area (Å²) in [6, 6.07) is 14.4. The SMILES string of the molecule is CN[C@@H](C)C(=S)N[C@H]1CCSC2CC(C)(C)[C@@H](C(=O)N[C@H]3c4ccccc4C[C@H]3C(=O)N3CCN(C(=O)C4Cc5ccccc5C4)CC3)N2C1=O. The van der Waals surface area contributed by atoms with Gasteiger partial charge < -0.3 is 30.7 Å². The van der Waals surface area contributed by atoms with Crippen molar-refractivity contribution >= 4 is 52.6 Å². The number of carbonyl (C=O) groups is 4. The van der Waals surface area contributed by atoms with Gasteiger partial charge in [0.05, 0.1) is 28.4 Å². The van der Waals surface area contributed by atoms with Gasteiger partial charge in [-0.3, -0.25) is 19.2 Å². The summed E-state index contributed by atoms with van der Waals surface area (Å²) in [6.45, 7) is 8.03. The molecule has 2 aliphatic carbocycles. The molecule has 0 saturated carbocycles. The molecule has 3 fully saturated rings. The summed E-state index contributed by atoms with van der Waals surface area (Å²) in [7, 11) is 1.83. The highest BCUT2D eigenvalue weighted by molar-refractivity contribution is 7.99. The van der Waals surface area contributed by atoms with Crippen LogP contribution in [0.25, 0.3) is 0 Å². The molecule has 10 nitrogen and oxygen atoms in total. The van der Waals surface area contributed by atoms with Crippen LogP contribution in [-0.2, 0) is 38.4 Å². The van der Waals surface area contributed by atoms with Crippen LogP contribution in [0.15, 0.2) is 48.5 Å². The topological polar surface area (TPSA) is 114 Å². The monoisotopic (exact) mass is 730 g/mol. The third-order valence-corrected chi connectivity index (χ3v) is 13.6. The number of benzene rings is 2. The second-order valence-corrected chi connectivity index (χ2v) is 17.3. The fraction of sp³-hybridized carbons (Fsp3) is 0.564. The van der Waals surface area contributed by atoms with Crippen molar-refractivity contribution in [2.24, 2.45) is 17.3 Å². The number of nitrogens with zero attached hydrogens (tertiary/aromatic N) is 3.